The molecule has 0 aromatic heterocycles. The zero-order valence-corrected chi connectivity index (χ0v) is 12.0. The Balaban J connectivity index is 4.60. The number of ether oxygens (including phenoxy) is 1. The molecule has 0 fully saturated rings. The Morgan fingerprint density at radius 3 is 1.88 bits per heavy atom. The topological polar surface area (TPSA) is 43.4 Å². The monoisotopic (exact) mass is 262 g/mol. The van der Waals surface area contributed by atoms with Crippen molar-refractivity contribution in [2.75, 3.05) is 6.61 Å². The molecule has 0 N–H and O–H groups in total. The summed E-state index contributed by atoms with van der Waals surface area (Å²) in [6.07, 6.45) is 2.69. The van der Waals surface area contributed by atoms with Crippen LogP contribution in [0, 0.1) is 11.3 Å². The van der Waals surface area contributed by atoms with E-state index in [2.05, 4.69) is 13.8 Å². The van der Waals surface area contributed by atoms with Gasteiger partial charge in [0.2, 0.25) is 5.24 Å². The second-order valence-corrected chi connectivity index (χ2v) is 4.69. The van der Waals surface area contributed by atoms with Gasteiger partial charge in [-0.3, -0.25) is 9.59 Å². The van der Waals surface area contributed by atoms with Gasteiger partial charge in [0.15, 0.2) is 0 Å². The standard InChI is InChI=1S/C13H23ClO3/c1-5-10(6-2)9-17-12(16)13(7-3,8-4)11(14)15/h10H,5-9H2,1-4H3. The molecule has 100 valence electrons. The van der Waals surface area contributed by atoms with Crippen LogP contribution in [-0.2, 0) is 14.3 Å². The fourth-order valence-electron chi connectivity index (χ4n) is 1.75. The first-order valence-corrected chi connectivity index (χ1v) is 6.73. The van der Waals surface area contributed by atoms with Crippen LogP contribution in [0.1, 0.15) is 53.4 Å². The van der Waals surface area contributed by atoms with Gasteiger partial charge in [0.05, 0.1) is 6.61 Å². The Bertz CT molecular complexity index is 255. The van der Waals surface area contributed by atoms with Crippen LogP contribution in [0.5, 0.6) is 0 Å². The Morgan fingerprint density at radius 2 is 1.59 bits per heavy atom. The van der Waals surface area contributed by atoms with Crippen molar-refractivity contribution in [2.45, 2.75) is 53.4 Å². The van der Waals surface area contributed by atoms with Crippen molar-refractivity contribution < 1.29 is 14.3 Å². The van der Waals surface area contributed by atoms with Crippen LogP contribution in [0.4, 0.5) is 0 Å². The van der Waals surface area contributed by atoms with Crippen molar-refractivity contribution in [3.63, 3.8) is 0 Å². The summed E-state index contributed by atoms with van der Waals surface area (Å²) < 4.78 is 5.25. The van der Waals surface area contributed by atoms with Gasteiger partial charge in [-0.2, -0.15) is 0 Å². The third-order valence-electron chi connectivity index (χ3n) is 3.58. The van der Waals surface area contributed by atoms with E-state index in [1.807, 2.05) is 0 Å². The summed E-state index contributed by atoms with van der Waals surface area (Å²) in [5, 5.41) is -0.614. The molecule has 0 aliphatic carbocycles. The lowest BCUT2D eigenvalue weighted by Crippen LogP contribution is -2.38. The fourth-order valence-corrected chi connectivity index (χ4v) is 2.10. The maximum absolute atomic E-state index is 12.0. The normalized spacial score (nSPS) is 11.6. The van der Waals surface area contributed by atoms with Gasteiger partial charge in [0.25, 0.3) is 0 Å². The number of esters is 1. The maximum Gasteiger partial charge on any atom is 0.320 e. The summed E-state index contributed by atoms with van der Waals surface area (Å²) >= 11 is 5.54. The molecule has 0 aromatic carbocycles. The second kappa shape index (κ2) is 7.70. The molecule has 0 radical (unpaired) electrons. The largest absolute Gasteiger partial charge is 0.465 e. The lowest BCUT2D eigenvalue weighted by Gasteiger charge is -2.25. The molecule has 0 spiro atoms. The van der Waals surface area contributed by atoms with Crippen LogP contribution in [0.2, 0.25) is 0 Å². The number of carbonyl (C=O) groups is 2. The van der Waals surface area contributed by atoms with Crippen molar-refractivity contribution in [3.8, 4) is 0 Å². The van der Waals surface area contributed by atoms with Gasteiger partial charge in [-0.1, -0.05) is 40.5 Å². The molecule has 0 saturated heterocycles. The summed E-state index contributed by atoms with van der Waals surface area (Å²) in [5.41, 5.74) is -1.16. The predicted molar refractivity (Wildman–Crippen MR) is 68.9 cm³/mol. The van der Waals surface area contributed by atoms with E-state index in [9.17, 15) is 9.59 Å². The van der Waals surface area contributed by atoms with Crippen LogP contribution in [-0.4, -0.2) is 17.8 Å². The Kier molecular flexibility index (Phi) is 7.44. The molecule has 3 nitrogen and oxygen atoms in total. The van der Waals surface area contributed by atoms with E-state index in [1.165, 1.54) is 0 Å². The van der Waals surface area contributed by atoms with E-state index >= 15 is 0 Å². The van der Waals surface area contributed by atoms with E-state index in [-0.39, 0.29) is 0 Å². The third-order valence-corrected chi connectivity index (χ3v) is 3.94. The highest BCUT2D eigenvalue weighted by molar-refractivity contribution is 6.66. The molecule has 17 heavy (non-hydrogen) atoms. The minimum atomic E-state index is -1.16. The van der Waals surface area contributed by atoms with Crippen LogP contribution in [0.3, 0.4) is 0 Å². The van der Waals surface area contributed by atoms with Gasteiger partial charge in [0, 0.05) is 0 Å². The number of carbonyl (C=O) groups excluding carboxylic acids is 2. The maximum atomic E-state index is 12.0. The van der Waals surface area contributed by atoms with Gasteiger partial charge in [-0.05, 0) is 30.4 Å². The SMILES string of the molecule is CCC(CC)COC(=O)C(CC)(CC)C(=O)Cl. The molecular formula is C13H23ClO3. The van der Waals surface area contributed by atoms with Crippen molar-refractivity contribution in [1.82, 2.24) is 0 Å². The van der Waals surface area contributed by atoms with Gasteiger partial charge in [-0.15, -0.1) is 0 Å². The average Bonchev–Trinajstić information content (AvgIpc) is 2.32. The van der Waals surface area contributed by atoms with Gasteiger partial charge in [0.1, 0.15) is 5.41 Å². The summed E-state index contributed by atoms with van der Waals surface area (Å²) in [5.74, 6) is -0.120. The van der Waals surface area contributed by atoms with E-state index in [1.54, 1.807) is 13.8 Å². The first-order valence-electron chi connectivity index (χ1n) is 6.35. The predicted octanol–water partition coefficient (Wildman–Crippen LogP) is 3.54. The Hall–Kier alpha value is -0.570. The van der Waals surface area contributed by atoms with Crippen LogP contribution < -0.4 is 0 Å². The highest BCUT2D eigenvalue weighted by atomic mass is 35.5. The highest BCUT2D eigenvalue weighted by Gasteiger charge is 2.43. The molecule has 0 bridgehead atoms. The van der Waals surface area contributed by atoms with Crippen LogP contribution >= 0.6 is 11.6 Å². The smallest absolute Gasteiger partial charge is 0.320 e. The second-order valence-electron chi connectivity index (χ2n) is 4.34. The number of hydrogen-bond acceptors (Lipinski definition) is 3. The van der Waals surface area contributed by atoms with Crippen LogP contribution in [0.15, 0.2) is 0 Å². The molecule has 0 unspecified atom stereocenters. The van der Waals surface area contributed by atoms with E-state index in [0.717, 1.165) is 12.8 Å². The van der Waals surface area contributed by atoms with E-state index < -0.39 is 16.6 Å². The number of rotatable bonds is 8. The Morgan fingerprint density at radius 1 is 1.12 bits per heavy atom. The molecular weight excluding hydrogens is 240 g/mol. The molecule has 0 amide bonds. The molecule has 0 aliphatic rings. The lowest BCUT2D eigenvalue weighted by molar-refractivity contribution is -0.160. The first kappa shape index (κ1) is 16.4. The van der Waals surface area contributed by atoms with Gasteiger partial charge < -0.3 is 4.74 Å². The fraction of sp³-hybridized carbons (Fsp3) is 0.846. The number of hydrogen-bond donors (Lipinski definition) is 0. The molecule has 0 heterocycles. The minimum Gasteiger partial charge on any atom is -0.465 e. The molecule has 4 heteroatoms. The van der Waals surface area contributed by atoms with E-state index in [0.29, 0.717) is 25.4 Å². The molecule has 0 rings (SSSR count). The quantitative estimate of drug-likeness (QED) is 0.382. The van der Waals surface area contributed by atoms with Gasteiger partial charge in [-0.25, -0.2) is 0 Å². The summed E-state index contributed by atoms with van der Waals surface area (Å²) in [6.45, 7) is 8.05. The summed E-state index contributed by atoms with van der Waals surface area (Å²) in [7, 11) is 0. The average molecular weight is 263 g/mol. The zero-order valence-electron chi connectivity index (χ0n) is 11.2. The molecule has 0 atom stereocenters. The zero-order chi connectivity index (χ0) is 13.5. The number of halogens is 1. The van der Waals surface area contributed by atoms with Gasteiger partial charge >= 0.3 is 5.97 Å². The minimum absolute atomic E-state index is 0.357. The summed E-state index contributed by atoms with van der Waals surface area (Å²) in [4.78, 5) is 23.4. The van der Waals surface area contributed by atoms with Crippen molar-refractivity contribution in [1.29, 1.82) is 0 Å². The van der Waals surface area contributed by atoms with Crippen LogP contribution in [0.25, 0.3) is 0 Å². The lowest BCUT2D eigenvalue weighted by atomic mass is 9.84. The van der Waals surface area contributed by atoms with Crippen molar-refractivity contribution in [2.24, 2.45) is 11.3 Å². The first-order chi connectivity index (χ1) is 7.98. The molecule has 0 aromatic rings. The molecule has 0 aliphatic heterocycles. The van der Waals surface area contributed by atoms with Crippen molar-refractivity contribution >= 4 is 22.8 Å². The van der Waals surface area contributed by atoms with Crippen molar-refractivity contribution in [3.05, 3.63) is 0 Å². The van der Waals surface area contributed by atoms with E-state index in [4.69, 9.17) is 16.3 Å². The Labute approximate surface area is 109 Å². The third kappa shape index (κ3) is 3.98. The molecule has 0 saturated carbocycles. The highest BCUT2D eigenvalue weighted by Crippen LogP contribution is 2.31. The summed E-state index contributed by atoms with van der Waals surface area (Å²) in [6, 6.07) is 0.